The quantitative estimate of drug-likeness (QED) is 0.645. The summed E-state index contributed by atoms with van der Waals surface area (Å²) in [5.41, 5.74) is 2.20. The Morgan fingerprint density at radius 2 is 2.05 bits per heavy atom. The maximum atomic E-state index is 9.33. The number of benzene rings is 1. The van der Waals surface area contributed by atoms with Crippen LogP contribution in [0.3, 0.4) is 0 Å². The van der Waals surface area contributed by atoms with E-state index in [4.69, 9.17) is 0 Å². The number of hydrogen-bond donors (Lipinski definition) is 2. The van der Waals surface area contributed by atoms with Crippen LogP contribution >= 0.6 is 0 Å². The van der Waals surface area contributed by atoms with Crippen LogP contribution in [0.2, 0.25) is 0 Å². The van der Waals surface area contributed by atoms with Crippen molar-refractivity contribution in [3.8, 4) is 11.3 Å². The van der Waals surface area contributed by atoms with Crippen molar-refractivity contribution in [3.63, 3.8) is 0 Å². The van der Waals surface area contributed by atoms with Gasteiger partial charge in [-0.2, -0.15) is 5.10 Å². The van der Waals surface area contributed by atoms with Gasteiger partial charge in [0.15, 0.2) is 0 Å². The van der Waals surface area contributed by atoms with Crippen molar-refractivity contribution in [1.82, 2.24) is 14.8 Å². The van der Waals surface area contributed by atoms with Crippen LogP contribution in [0.25, 0.3) is 22.0 Å². The fraction of sp³-hybridized carbons (Fsp3) is 0.0769. The molecule has 2 aromatic heterocycles. The van der Waals surface area contributed by atoms with Crippen LogP contribution in [-0.2, 0) is 7.05 Å². The molecule has 0 atom stereocenters. The SMILES string of the molecule is Cn1cc(-c2cc3cccc(B(O)O)c3cn2)cn1. The van der Waals surface area contributed by atoms with Gasteiger partial charge >= 0.3 is 7.12 Å². The molecule has 0 amide bonds. The van der Waals surface area contributed by atoms with E-state index in [-0.39, 0.29) is 0 Å². The van der Waals surface area contributed by atoms with Crippen molar-refractivity contribution in [3.05, 3.63) is 42.9 Å². The second-order valence-electron chi connectivity index (χ2n) is 4.41. The molecule has 2 heterocycles. The zero-order valence-corrected chi connectivity index (χ0v) is 10.4. The van der Waals surface area contributed by atoms with E-state index in [1.165, 1.54) is 0 Å². The van der Waals surface area contributed by atoms with Gasteiger partial charge in [0, 0.05) is 25.0 Å². The van der Waals surface area contributed by atoms with Gasteiger partial charge in [0.1, 0.15) is 0 Å². The van der Waals surface area contributed by atoms with Gasteiger partial charge in [0.25, 0.3) is 0 Å². The first kappa shape index (κ1) is 11.9. The molecule has 1 aromatic carbocycles. The van der Waals surface area contributed by atoms with Crippen LogP contribution in [0.5, 0.6) is 0 Å². The normalized spacial score (nSPS) is 10.9. The summed E-state index contributed by atoms with van der Waals surface area (Å²) in [6.07, 6.45) is 5.30. The monoisotopic (exact) mass is 253 g/mol. The summed E-state index contributed by atoms with van der Waals surface area (Å²) in [6.45, 7) is 0. The van der Waals surface area contributed by atoms with Gasteiger partial charge in [0.05, 0.1) is 11.9 Å². The maximum Gasteiger partial charge on any atom is 0.489 e. The molecule has 6 heteroatoms. The molecule has 0 saturated heterocycles. The Morgan fingerprint density at radius 1 is 1.21 bits per heavy atom. The zero-order chi connectivity index (χ0) is 13.4. The third-order valence-corrected chi connectivity index (χ3v) is 3.08. The molecule has 5 nitrogen and oxygen atoms in total. The smallest absolute Gasteiger partial charge is 0.423 e. The molecular weight excluding hydrogens is 241 g/mol. The molecule has 19 heavy (non-hydrogen) atoms. The molecule has 0 spiro atoms. The predicted molar refractivity (Wildman–Crippen MR) is 73.8 cm³/mol. The zero-order valence-electron chi connectivity index (χ0n) is 10.4. The lowest BCUT2D eigenvalue weighted by Gasteiger charge is -2.06. The van der Waals surface area contributed by atoms with Crippen molar-refractivity contribution in [2.45, 2.75) is 0 Å². The molecule has 2 N–H and O–H groups in total. The van der Waals surface area contributed by atoms with Gasteiger partial charge < -0.3 is 10.0 Å². The Labute approximate surface area is 110 Å². The molecule has 0 aliphatic heterocycles. The molecule has 0 aliphatic carbocycles. The number of pyridine rings is 1. The second kappa shape index (κ2) is 4.49. The van der Waals surface area contributed by atoms with Crippen LogP contribution in [0.1, 0.15) is 0 Å². The average molecular weight is 253 g/mol. The highest BCUT2D eigenvalue weighted by Gasteiger charge is 2.15. The van der Waals surface area contributed by atoms with Crippen LogP contribution in [0.4, 0.5) is 0 Å². The first-order valence-electron chi connectivity index (χ1n) is 5.89. The molecule has 0 unspecified atom stereocenters. The Hall–Kier alpha value is -2.18. The van der Waals surface area contributed by atoms with E-state index in [1.54, 1.807) is 29.2 Å². The van der Waals surface area contributed by atoms with E-state index < -0.39 is 7.12 Å². The average Bonchev–Trinajstić information content (AvgIpc) is 2.84. The lowest BCUT2D eigenvalue weighted by atomic mass is 9.77. The van der Waals surface area contributed by atoms with Crippen molar-refractivity contribution in [1.29, 1.82) is 0 Å². The maximum absolute atomic E-state index is 9.33. The Kier molecular flexibility index (Phi) is 2.81. The van der Waals surface area contributed by atoms with Gasteiger partial charge in [-0.05, 0) is 22.3 Å². The first-order valence-corrected chi connectivity index (χ1v) is 5.89. The minimum Gasteiger partial charge on any atom is -0.423 e. The third kappa shape index (κ3) is 2.11. The Bertz CT molecular complexity index is 740. The number of rotatable bonds is 2. The highest BCUT2D eigenvalue weighted by Crippen LogP contribution is 2.20. The van der Waals surface area contributed by atoms with Crippen LogP contribution in [-0.4, -0.2) is 31.9 Å². The van der Waals surface area contributed by atoms with Gasteiger partial charge in [-0.25, -0.2) is 0 Å². The predicted octanol–water partition coefficient (Wildman–Crippen LogP) is 0.315. The standard InChI is InChI=1S/C13H12BN3O2/c1-17-8-10(6-16-17)13-5-9-3-2-4-12(14(18)19)11(9)7-15-13/h2-8,18-19H,1H3. The summed E-state index contributed by atoms with van der Waals surface area (Å²) >= 11 is 0. The van der Waals surface area contributed by atoms with Crippen LogP contribution < -0.4 is 5.46 Å². The summed E-state index contributed by atoms with van der Waals surface area (Å²) < 4.78 is 1.72. The van der Waals surface area contributed by atoms with E-state index in [9.17, 15) is 10.0 Å². The summed E-state index contributed by atoms with van der Waals surface area (Å²) in [5.74, 6) is 0. The molecule has 3 aromatic rings. The van der Waals surface area contributed by atoms with E-state index in [0.717, 1.165) is 22.0 Å². The molecule has 0 bridgehead atoms. The fourth-order valence-corrected chi connectivity index (χ4v) is 2.13. The van der Waals surface area contributed by atoms with Crippen molar-refractivity contribution < 1.29 is 10.0 Å². The lowest BCUT2D eigenvalue weighted by Crippen LogP contribution is -2.30. The number of nitrogens with zero attached hydrogens (tertiary/aromatic N) is 3. The summed E-state index contributed by atoms with van der Waals surface area (Å²) in [6, 6.07) is 7.31. The number of hydrogen-bond acceptors (Lipinski definition) is 4. The minimum atomic E-state index is -1.49. The number of aryl methyl sites for hydroxylation is 1. The molecule has 3 rings (SSSR count). The summed E-state index contributed by atoms with van der Waals surface area (Å²) in [4.78, 5) is 4.36. The summed E-state index contributed by atoms with van der Waals surface area (Å²) in [7, 11) is 0.361. The van der Waals surface area contributed by atoms with Crippen molar-refractivity contribution in [2.24, 2.45) is 7.05 Å². The second-order valence-corrected chi connectivity index (χ2v) is 4.41. The van der Waals surface area contributed by atoms with Crippen molar-refractivity contribution in [2.75, 3.05) is 0 Å². The highest BCUT2D eigenvalue weighted by atomic mass is 16.4. The molecule has 0 aliphatic rings. The van der Waals surface area contributed by atoms with Crippen molar-refractivity contribution >= 4 is 23.4 Å². The van der Waals surface area contributed by atoms with Gasteiger partial charge in [-0.1, -0.05) is 18.2 Å². The lowest BCUT2D eigenvalue weighted by molar-refractivity contribution is 0.426. The molecule has 94 valence electrons. The first-order chi connectivity index (χ1) is 9.15. The highest BCUT2D eigenvalue weighted by molar-refractivity contribution is 6.61. The largest absolute Gasteiger partial charge is 0.489 e. The molecule has 0 saturated carbocycles. The molecular formula is C13H12BN3O2. The number of fused-ring (bicyclic) bond motifs is 1. The Morgan fingerprint density at radius 3 is 2.74 bits per heavy atom. The van der Waals surface area contributed by atoms with E-state index in [1.807, 2.05) is 25.4 Å². The Balaban J connectivity index is 2.17. The molecule has 0 radical (unpaired) electrons. The third-order valence-electron chi connectivity index (χ3n) is 3.08. The van der Waals surface area contributed by atoms with Crippen LogP contribution in [0, 0.1) is 0 Å². The number of aromatic nitrogens is 3. The minimum absolute atomic E-state index is 0.461. The molecule has 0 fully saturated rings. The van der Waals surface area contributed by atoms with E-state index >= 15 is 0 Å². The van der Waals surface area contributed by atoms with E-state index in [2.05, 4.69) is 10.1 Å². The van der Waals surface area contributed by atoms with Gasteiger partial charge in [-0.15, -0.1) is 0 Å². The van der Waals surface area contributed by atoms with Gasteiger partial charge in [-0.3, -0.25) is 9.67 Å². The van der Waals surface area contributed by atoms with Gasteiger partial charge in [0.2, 0.25) is 0 Å². The fourth-order valence-electron chi connectivity index (χ4n) is 2.13. The topological polar surface area (TPSA) is 71.2 Å². The summed E-state index contributed by atoms with van der Waals surface area (Å²) in [5, 5.41) is 24.4. The van der Waals surface area contributed by atoms with E-state index in [0.29, 0.717) is 5.46 Å². The van der Waals surface area contributed by atoms with Crippen LogP contribution in [0.15, 0.2) is 42.9 Å².